The molecule has 1 heterocycles. The smallest absolute Gasteiger partial charge is 0.266 e. The molecular formula is C23H19N3O4S2. The Morgan fingerprint density at radius 1 is 0.969 bits per heavy atom. The number of hydrogen-bond donors (Lipinski definition) is 1. The first-order valence-corrected chi connectivity index (χ1v) is 12.5. The van der Waals surface area contributed by atoms with Gasteiger partial charge in [-0.2, -0.15) is 0 Å². The van der Waals surface area contributed by atoms with Crippen LogP contribution in [-0.4, -0.2) is 35.9 Å². The minimum atomic E-state index is -3.30. The summed E-state index contributed by atoms with van der Waals surface area (Å²) in [4.78, 5) is 30.4. The van der Waals surface area contributed by atoms with E-state index in [-0.39, 0.29) is 22.1 Å². The Labute approximate surface area is 189 Å². The van der Waals surface area contributed by atoms with Crippen LogP contribution < -0.4 is 10.9 Å². The lowest BCUT2D eigenvalue weighted by Gasteiger charge is -2.13. The van der Waals surface area contributed by atoms with Crippen molar-refractivity contribution in [2.45, 2.75) is 10.1 Å². The van der Waals surface area contributed by atoms with Gasteiger partial charge in [0.2, 0.25) is 5.91 Å². The zero-order chi connectivity index (χ0) is 22.7. The Kier molecular flexibility index (Phi) is 6.11. The van der Waals surface area contributed by atoms with Crippen molar-refractivity contribution in [1.29, 1.82) is 0 Å². The number of aromatic nitrogens is 2. The molecule has 0 aliphatic rings. The normalized spacial score (nSPS) is 11.4. The number of sulfone groups is 1. The zero-order valence-corrected chi connectivity index (χ0v) is 18.7. The Hall–Kier alpha value is -3.43. The molecule has 0 saturated heterocycles. The van der Waals surface area contributed by atoms with E-state index in [4.69, 9.17) is 0 Å². The first-order valence-electron chi connectivity index (χ1n) is 9.63. The van der Waals surface area contributed by atoms with Crippen molar-refractivity contribution < 1.29 is 13.2 Å². The van der Waals surface area contributed by atoms with Gasteiger partial charge in [0, 0.05) is 11.9 Å². The fraction of sp³-hybridized carbons (Fsp3) is 0.0870. The van der Waals surface area contributed by atoms with Crippen LogP contribution >= 0.6 is 11.8 Å². The number of fused-ring (bicyclic) bond motifs is 1. The van der Waals surface area contributed by atoms with Crippen LogP contribution in [0.5, 0.6) is 0 Å². The monoisotopic (exact) mass is 465 g/mol. The van der Waals surface area contributed by atoms with Crippen molar-refractivity contribution in [2.24, 2.45) is 0 Å². The summed E-state index contributed by atoms with van der Waals surface area (Å²) in [6, 6.07) is 22.2. The lowest BCUT2D eigenvalue weighted by molar-refractivity contribution is -0.113. The molecule has 9 heteroatoms. The highest BCUT2D eigenvalue weighted by molar-refractivity contribution is 7.99. The summed E-state index contributed by atoms with van der Waals surface area (Å²) in [6.07, 6.45) is 1.13. The summed E-state index contributed by atoms with van der Waals surface area (Å²) in [6.45, 7) is 0. The van der Waals surface area contributed by atoms with Gasteiger partial charge < -0.3 is 5.32 Å². The fourth-order valence-corrected chi connectivity index (χ4v) is 4.57. The number of benzene rings is 3. The van der Waals surface area contributed by atoms with Crippen molar-refractivity contribution in [3.05, 3.63) is 89.2 Å². The number of anilines is 1. The van der Waals surface area contributed by atoms with E-state index in [1.54, 1.807) is 18.2 Å². The molecule has 0 fully saturated rings. The van der Waals surface area contributed by atoms with Gasteiger partial charge in [0.15, 0.2) is 15.0 Å². The predicted octanol–water partition coefficient (Wildman–Crippen LogP) is 3.52. The van der Waals surface area contributed by atoms with Crippen molar-refractivity contribution in [1.82, 2.24) is 9.55 Å². The van der Waals surface area contributed by atoms with E-state index in [2.05, 4.69) is 10.3 Å². The Bertz CT molecular complexity index is 1450. The van der Waals surface area contributed by atoms with Gasteiger partial charge in [0.25, 0.3) is 5.56 Å². The van der Waals surface area contributed by atoms with Gasteiger partial charge in [-0.15, -0.1) is 0 Å². The van der Waals surface area contributed by atoms with E-state index in [0.717, 1.165) is 18.0 Å². The van der Waals surface area contributed by atoms with Crippen LogP contribution in [-0.2, 0) is 14.6 Å². The number of nitrogens with one attached hydrogen (secondary N) is 1. The highest BCUT2D eigenvalue weighted by Gasteiger charge is 2.15. The van der Waals surface area contributed by atoms with Gasteiger partial charge in [0.05, 0.1) is 27.2 Å². The Balaban J connectivity index is 1.59. The molecule has 3 aromatic carbocycles. The van der Waals surface area contributed by atoms with E-state index in [1.165, 1.54) is 28.8 Å². The van der Waals surface area contributed by atoms with Crippen molar-refractivity contribution in [2.75, 3.05) is 17.3 Å². The molecule has 162 valence electrons. The van der Waals surface area contributed by atoms with Crippen LogP contribution in [0.15, 0.2) is 93.7 Å². The van der Waals surface area contributed by atoms with E-state index >= 15 is 0 Å². The highest BCUT2D eigenvalue weighted by Crippen LogP contribution is 2.22. The van der Waals surface area contributed by atoms with E-state index in [1.807, 2.05) is 36.4 Å². The number of nitrogens with zero attached hydrogens (tertiary/aromatic N) is 2. The molecule has 1 amide bonds. The number of rotatable bonds is 6. The lowest BCUT2D eigenvalue weighted by atomic mass is 10.2. The van der Waals surface area contributed by atoms with Crippen LogP contribution in [0.2, 0.25) is 0 Å². The third-order valence-electron chi connectivity index (χ3n) is 4.66. The number of carbonyl (C=O) groups excluding carboxylic acids is 1. The SMILES string of the molecule is CS(=O)(=O)c1ccc(NC(=O)CSc2nc3ccccc3c(=O)n2-c2ccccc2)cc1. The molecule has 0 bridgehead atoms. The number of amides is 1. The Morgan fingerprint density at radius 2 is 1.62 bits per heavy atom. The zero-order valence-electron chi connectivity index (χ0n) is 17.1. The summed E-state index contributed by atoms with van der Waals surface area (Å²) in [5.41, 5.74) is 1.50. The average Bonchev–Trinajstić information content (AvgIpc) is 2.78. The molecule has 7 nitrogen and oxygen atoms in total. The topological polar surface area (TPSA) is 98.1 Å². The van der Waals surface area contributed by atoms with Gasteiger partial charge >= 0.3 is 0 Å². The molecule has 0 saturated carbocycles. The highest BCUT2D eigenvalue weighted by atomic mass is 32.2. The number of thioether (sulfide) groups is 1. The molecule has 0 radical (unpaired) electrons. The Morgan fingerprint density at radius 3 is 2.31 bits per heavy atom. The quantitative estimate of drug-likeness (QED) is 0.346. The second kappa shape index (κ2) is 8.97. The molecule has 4 rings (SSSR count). The minimum absolute atomic E-state index is 0.0193. The summed E-state index contributed by atoms with van der Waals surface area (Å²) < 4.78 is 24.6. The molecule has 0 aliphatic heterocycles. The second-order valence-corrected chi connectivity index (χ2v) is 9.98. The third-order valence-corrected chi connectivity index (χ3v) is 6.72. The maximum Gasteiger partial charge on any atom is 0.266 e. The predicted molar refractivity (Wildman–Crippen MR) is 126 cm³/mol. The summed E-state index contributed by atoms with van der Waals surface area (Å²) in [7, 11) is -3.30. The van der Waals surface area contributed by atoms with Gasteiger partial charge in [-0.1, -0.05) is 42.1 Å². The van der Waals surface area contributed by atoms with Gasteiger partial charge in [-0.3, -0.25) is 14.2 Å². The number of hydrogen-bond acceptors (Lipinski definition) is 6. The number of carbonyl (C=O) groups is 1. The van der Waals surface area contributed by atoms with Crippen molar-refractivity contribution in [3.63, 3.8) is 0 Å². The van der Waals surface area contributed by atoms with Crippen LogP contribution in [0.3, 0.4) is 0 Å². The molecule has 4 aromatic rings. The molecule has 1 aromatic heterocycles. The molecule has 1 N–H and O–H groups in total. The molecule has 0 aliphatic carbocycles. The minimum Gasteiger partial charge on any atom is -0.325 e. The summed E-state index contributed by atoms with van der Waals surface area (Å²) >= 11 is 1.15. The average molecular weight is 466 g/mol. The van der Waals surface area contributed by atoms with Crippen molar-refractivity contribution in [3.8, 4) is 5.69 Å². The van der Waals surface area contributed by atoms with Crippen molar-refractivity contribution >= 4 is 44.1 Å². The molecule has 0 unspecified atom stereocenters. The molecule has 0 atom stereocenters. The second-order valence-electron chi connectivity index (χ2n) is 7.02. The third kappa shape index (κ3) is 4.74. The first kappa shape index (κ1) is 21.8. The van der Waals surface area contributed by atoms with Gasteiger partial charge in [-0.05, 0) is 48.5 Å². The summed E-state index contributed by atoms with van der Waals surface area (Å²) in [5, 5.41) is 3.63. The molecule has 32 heavy (non-hydrogen) atoms. The maximum absolute atomic E-state index is 13.2. The van der Waals surface area contributed by atoms with Gasteiger partial charge in [0.1, 0.15) is 0 Å². The largest absolute Gasteiger partial charge is 0.325 e. The lowest BCUT2D eigenvalue weighted by Crippen LogP contribution is -2.22. The molecule has 0 spiro atoms. The van der Waals surface area contributed by atoms with E-state index in [0.29, 0.717) is 27.4 Å². The summed E-state index contributed by atoms with van der Waals surface area (Å²) in [5.74, 6) is -0.282. The first-order chi connectivity index (χ1) is 15.3. The van der Waals surface area contributed by atoms with E-state index in [9.17, 15) is 18.0 Å². The maximum atomic E-state index is 13.2. The van der Waals surface area contributed by atoms with Crippen LogP contribution in [0.4, 0.5) is 5.69 Å². The standard InChI is InChI=1S/C23H19N3O4S2/c1-32(29,30)18-13-11-16(12-14-18)24-21(27)15-31-23-25-20-10-6-5-9-19(20)22(28)26(23)17-7-3-2-4-8-17/h2-14H,15H2,1H3,(H,24,27). The van der Waals surface area contributed by atoms with E-state index < -0.39 is 9.84 Å². The number of para-hydroxylation sites is 2. The van der Waals surface area contributed by atoms with Crippen LogP contribution in [0.1, 0.15) is 0 Å². The molecular weight excluding hydrogens is 446 g/mol. The fourth-order valence-electron chi connectivity index (χ4n) is 3.13. The van der Waals surface area contributed by atoms with Crippen LogP contribution in [0.25, 0.3) is 16.6 Å². The van der Waals surface area contributed by atoms with Gasteiger partial charge in [-0.25, -0.2) is 13.4 Å². The van der Waals surface area contributed by atoms with Crippen LogP contribution in [0, 0.1) is 0 Å².